The molecule has 1 atom stereocenters. The van der Waals surface area contributed by atoms with Crippen molar-refractivity contribution in [3.63, 3.8) is 0 Å². The highest BCUT2D eigenvalue weighted by Gasteiger charge is 2.10. The van der Waals surface area contributed by atoms with Crippen LogP contribution in [0.15, 0.2) is 0 Å². The maximum absolute atomic E-state index is 8.91. The van der Waals surface area contributed by atoms with E-state index in [1.54, 1.807) is 0 Å². The van der Waals surface area contributed by atoms with Gasteiger partial charge in [-0.25, -0.2) is 0 Å². The smallest absolute Gasteiger partial charge is 0.0558 e. The number of aliphatic hydroxyl groups is 4. The van der Waals surface area contributed by atoms with Crippen molar-refractivity contribution in [1.82, 2.24) is 10.2 Å². The Kier molecular flexibility index (Phi) is 12.1. The number of hydrogen-bond donors (Lipinski definition) is 5. The Morgan fingerprint density at radius 3 is 1.88 bits per heavy atom. The Hall–Kier alpha value is -0.240. The van der Waals surface area contributed by atoms with E-state index < -0.39 is 0 Å². The third-order valence-electron chi connectivity index (χ3n) is 2.65. The summed E-state index contributed by atoms with van der Waals surface area (Å²) in [5, 5.41) is 38.5. The average molecular weight is 250 g/mol. The van der Waals surface area contributed by atoms with E-state index in [2.05, 4.69) is 5.32 Å². The molecule has 5 N–H and O–H groups in total. The highest BCUT2D eigenvalue weighted by atomic mass is 16.3. The minimum Gasteiger partial charge on any atom is -0.396 e. The van der Waals surface area contributed by atoms with Gasteiger partial charge in [0.1, 0.15) is 0 Å². The van der Waals surface area contributed by atoms with E-state index in [9.17, 15) is 0 Å². The first-order valence-electron chi connectivity index (χ1n) is 6.17. The molecule has 6 heteroatoms. The molecule has 0 aliphatic heterocycles. The number of aliphatic hydroxyl groups excluding tert-OH is 4. The van der Waals surface area contributed by atoms with Gasteiger partial charge in [0.2, 0.25) is 0 Å². The van der Waals surface area contributed by atoms with Crippen molar-refractivity contribution >= 4 is 0 Å². The van der Waals surface area contributed by atoms with Gasteiger partial charge in [-0.15, -0.1) is 0 Å². The summed E-state index contributed by atoms with van der Waals surface area (Å²) in [6, 6.07) is 0.159. The SMILES string of the molecule is OCCNC(CCO)CCN(CCO)CCO. The molecule has 0 heterocycles. The zero-order valence-electron chi connectivity index (χ0n) is 10.4. The summed E-state index contributed by atoms with van der Waals surface area (Å²) in [7, 11) is 0. The Morgan fingerprint density at radius 2 is 1.41 bits per heavy atom. The average Bonchev–Trinajstić information content (AvgIpc) is 2.33. The predicted molar refractivity (Wildman–Crippen MR) is 65.8 cm³/mol. The molecule has 0 saturated carbocycles. The van der Waals surface area contributed by atoms with E-state index >= 15 is 0 Å². The summed E-state index contributed by atoms with van der Waals surface area (Å²) >= 11 is 0. The van der Waals surface area contributed by atoms with E-state index in [1.807, 2.05) is 4.90 Å². The third-order valence-corrected chi connectivity index (χ3v) is 2.65. The van der Waals surface area contributed by atoms with Crippen LogP contribution < -0.4 is 5.32 Å². The summed E-state index contributed by atoms with van der Waals surface area (Å²) in [6.45, 7) is 2.72. The van der Waals surface area contributed by atoms with Crippen molar-refractivity contribution in [3.05, 3.63) is 0 Å². The molecule has 0 amide bonds. The van der Waals surface area contributed by atoms with Crippen LogP contribution in [0.3, 0.4) is 0 Å². The first-order valence-corrected chi connectivity index (χ1v) is 6.17. The molecule has 0 aliphatic rings. The molecule has 0 fully saturated rings. The maximum atomic E-state index is 8.91. The summed E-state index contributed by atoms with van der Waals surface area (Å²) < 4.78 is 0. The summed E-state index contributed by atoms with van der Waals surface area (Å²) in [4.78, 5) is 1.98. The number of nitrogens with one attached hydrogen (secondary N) is 1. The summed E-state index contributed by atoms with van der Waals surface area (Å²) in [5.74, 6) is 0. The molecule has 1 unspecified atom stereocenters. The fourth-order valence-electron chi connectivity index (χ4n) is 1.73. The number of hydrogen-bond acceptors (Lipinski definition) is 6. The number of nitrogens with zero attached hydrogens (tertiary/aromatic N) is 1. The highest BCUT2D eigenvalue weighted by Crippen LogP contribution is 2.00. The van der Waals surface area contributed by atoms with Gasteiger partial charge < -0.3 is 25.7 Å². The van der Waals surface area contributed by atoms with Gasteiger partial charge in [0, 0.05) is 32.3 Å². The molecule has 17 heavy (non-hydrogen) atoms. The van der Waals surface area contributed by atoms with Gasteiger partial charge in [0.15, 0.2) is 0 Å². The third kappa shape index (κ3) is 9.46. The van der Waals surface area contributed by atoms with Gasteiger partial charge in [0.05, 0.1) is 19.8 Å². The Bertz CT molecular complexity index is 154. The van der Waals surface area contributed by atoms with Crippen LogP contribution in [0.5, 0.6) is 0 Å². The Balaban J connectivity index is 3.87. The first kappa shape index (κ1) is 16.8. The van der Waals surface area contributed by atoms with E-state index in [0.717, 1.165) is 13.0 Å². The van der Waals surface area contributed by atoms with Crippen LogP contribution in [0.2, 0.25) is 0 Å². The molecule has 0 saturated heterocycles. The second-order valence-electron chi connectivity index (χ2n) is 3.96. The van der Waals surface area contributed by atoms with Crippen LogP contribution >= 0.6 is 0 Å². The van der Waals surface area contributed by atoms with Crippen molar-refractivity contribution in [2.24, 2.45) is 0 Å². The van der Waals surface area contributed by atoms with Crippen molar-refractivity contribution < 1.29 is 20.4 Å². The monoisotopic (exact) mass is 250 g/mol. The van der Waals surface area contributed by atoms with Crippen LogP contribution in [-0.4, -0.2) is 84.0 Å². The lowest BCUT2D eigenvalue weighted by atomic mass is 10.1. The van der Waals surface area contributed by atoms with Gasteiger partial charge >= 0.3 is 0 Å². The normalized spacial score (nSPS) is 13.2. The zero-order valence-corrected chi connectivity index (χ0v) is 10.4. The van der Waals surface area contributed by atoms with Gasteiger partial charge in [-0.2, -0.15) is 0 Å². The zero-order chi connectivity index (χ0) is 12.9. The van der Waals surface area contributed by atoms with Crippen LogP contribution in [0, 0.1) is 0 Å². The Morgan fingerprint density at radius 1 is 0.765 bits per heavy atom. The molecule has 0 bridgehead atoms. The predicted octanol–water partition coefficient (Wildman–Crippen LogP) is -2.00. The van der Waals surface area contributed by atoms with Crippen molar-refractivity contribution in [2.45, 2.75) is 18.9 Å². The van der Waals surface area contributed by atoms with Crippen LogP contribution in [-0.2, 0) is 0 Å². The topological polar surface area (TPSA) is 96.2 Å². The second kappa shape index (κ2) is 12.2. The van der Waals surface area contributed by atoms with Gasteiger partial charge in [-0.3, -0.25) is 4.90 Å². The van der Waals surface area contributed by atoms with E-state index in [1.165, 1.54) is 0 Å². The van der Waals surface area contributed by atoms with Crippen molar-refractivity contribution in [2.75, 3.05) is 52.6 Å². The second-order valence-corrected chi connectivity index (χ2v) is 3.96. The van der Waals surface area contributed by atoms with Crippen molar-refractivity contribution in [3.8, 4) is 0 Å². The molecular weight excluding hydrogens is 224 g/mol. The molecule has 0 aliphatic carbocycles. The molecule has 0 rings (SSSR count). The standard InChI is InChI=1S/C11H26N2O4/c14-7-2-11(12-3-8-15)1-4-13(5-9-16)6-10-17/h11-12,14-17H,1-10H2. The lowest BCUT2D eigenvalue weighted by molar-refractivity contribution is 0.152. The molecule has 104 valence electrons. The Labute approximate surface area is 103 Å². The van der Waals surface area contributed by atoms with Crippen LogP contribution in [0.4, 0.5) is 0 Å². The largest absolute Gasteiger partial charge is 0.396 e. The fourth-order valence-corrected chi connectivity index (χ4v) is 1.73. The van der Waals surface area contributed by atoms with Crippen LogP contribution in [0.25, 0.3) is 0 Å². The van der Waals surface area contributed by atoms with E-state index in [-0.39, 0.29) is 32.5 Å². The molecular formula is C11H26N2O4. The quantitative estimate of drug-likeness (QED) is 0.275. The summed E-state index contributed by atoms with van der Waals surface area (Å²) in [6.07, 6.45) is 1.46. The van der Waals surface area contributed by atoms with Crippen LogP contribution in [0.1, 0.15) is 12.8 Å². The number of rotatable bonds is 12. The summed E-state index contributed by atoms with van der Waals surface area (Å²) in [5.41, 5.74) is 0. The molecule has 6 nitrogen and oxygen atoms in total. The highest BCUT2D eigenvalue weighted by molar-refractivity contribution is 4.69. The fraction of sp³-hybridized carbons (Fsp3) is 1.00. The van der Waals surface area contributed by atoms with Gasteiger partial charge in [-0.1, -0.05) is 0 Å². The van der Waals surface area contributed by atoms with E-state index in [4.69, 9.17) is 20.4 Å². The first-order chi connectivity index (χ1) is 8.28. The molecule has 0 aromatic rings. The lowest BCUT2D eigenvalue weighted by Gasteiger charge is -2.24. The minimum atomic E-state index is 0.0781. The van der Waals surface area contributed by atoms with Gasteiger partial charge in [-0.05, 0) is 19.4 Å². The molecule has 0 radical (unpaired) electrons. The minimum absolute atomic E-state index is 0.0781. The van der Waals surface area contributed by atoms with Gasteiger partial charge in [0.25, 0.3) is 0 Å². The molecule has 0 aromatic heterocycles. The van der Waals surface area contributed by atoms with E-state index in [0.29, 0.717) is 26.1 Å². The molecule has 0 spiro atoms. The maximum Gasteiger partial charge on any atom is 0.0558 e. The molecule has 0 aromatic carbocycles. The van der Waals surface area contributed by atoms with Crippen molar-refractivity contribution in [1.29, 1.82) is 0 Å². The lowest BCUT2D eigenvalue weighted by Crippen LogP contribution is -2.38.